The zero-order valence-corrected chi connectivity index (χ0v) is 24.0. The monoisotopic (exact) mass is 727 g/mol. The van der Waals surface area contributed by atoms with E-state index < -0.39 is 47.4 Å². The van der Waals surface area contributed by atoms with E-state index in [1.54, 1.807) is 0 Å². The molecule has 33 heteroatoms. The molecule has 39 heavy (non-hydrogen) atoms. The molecule has 1 aliphatic rings. The molecule has 0 aliphatic carbocycles. The Morgan fingerprint density at radius 2 is 0.718 bits per heavy atom. The van der Waals surface area contributed by atoms with Gasteiger partial charge in [-0.15, -0.1) is 25.2 Å². The van der Waals surface area contributed by atoms with Crippen LogP contribution in [-0.4, -0.2) is 88.4 Å². The number of rotatable bonds is 1. The molecule has 14 N–H and O–H groups in total. The predicted molar refractivity (Wildman–Crippen MR) is 116 cm³/mol. The molecule has 21 nitrogen and oxygen atoms in total. The average Bonchev–Trinajstić information content (AvgIpc) is 2.82. The van der Waals surface area contributed by atoms with Gasteiger partial charge < -0.3 is 15.5 Å². The Hall–Kier alpha value is -0.220. The van der Waals surface area contributed by atoms with Gasteiger partial charge in [0.25, 0.3) is 0 Å². The van der Waals surface area contributed by atoms with Crippen molar-refractivity contribution in [2.75, 3.05) is 13.7 Å². The van der Waals surface area contributed by atoms with Gasteiger partial charge in [0, 0.05) is 19.4 Å². The van der Waals surface area contributed by atoms with Crippen molar-refractivity contribution in [1.82, 2.24) is 9.80 Å². The van der Waals surface area contributed by atoms with Crippen molar-refractivity contribution >= 4 is 47.4 Å². The first-order chi connectivity index (χ1) is 16.2. The van der Waals surface area contributed by atoms with Crippen LogP contribution < -0.4 is 5.73 Å². The molecule has 1 atom stereocenters. The van der Waals surface area contributed by atoms with Crippen LogP contribution in [0.3, 0.4) is 0 Å². The molecule has 0 bridgehead atoms. The van der Waals surface area contributed by atoms with Crippen LogP contribution in [0.2, 0.25) is 0 Å². The van der Waals surface area contributed by atoms with Gasteiger partial charge in [-0.3, -0.25) is 58.7 Å². The zero-order valence-electron chi connectivity index (χ0n) is 18.7. The van der Waals surface area contributed by atoms with E-state index in [9.17, 15) is 25.2 Å². The quantitative estimate of drug-likeness (QED) is 0.127. The third-order valence-corrected chi connectivity index (χ3v) is 1.42. The van der Waals surface area contributed by atoms with Crippen LogP contribution in [0.25, 0.3) is 0 Å². The molecule has 1 unspecified atom stereocenters. The number of hydrogen-bond acceptors (Lipinski definition) is 9. The summed E-state index contributed by atoms with van der Waals surface area (Å²) in [5.41, 5.74) is 5.61. The molecular weight excluding hydrogens is 702 g/mol. The van der Waals surface area contributed by atoms with Gasteiger partial charge in [0.15, 0.2) is 0 Å². The van der Waals surface area contributed by atoms with Crippen LogP contribution in [-0.2, 0) is 27.4 Å². The highest BCUT2D eigenvalue weighted by Gasteiger charge is 2.10. The van der Waals surface area contributed by atoms with Crippen molar-refractivity contribution < 1.29 is 111 Å². The first-order valence-electron chi connectivity index (χ1n) is 7.61. The standard InChI is InChI=1S/C6H13N3.6FH2O3P/c1-6(7)9-4-3-8(2)5-9;6*1-5(2,3)4/h3-4,6H,5,7H2,1-2H3;6*(H2,2,3,4). The van der Waals surface area contributed by atoms with Crippen molar-refractivity contribution in [2.24, 2.45) is 5.73 Å². The summed E-state index contributed by atoms with van der Waals surface area (Å²) in [6.07, 6.45) is 4.15. The number of halogens is 6. The van der Waals surface area contributed by atoms with E-state index >= 15 is 0 Å². The third kappa shape index (κ3) is 296. The smallest absolute Gasteiger partial charge is 0.362 e. The fourth-order valence-electron chi connectivity index (χ4n) is 0.816. The maximum Gasteiger partial charge on any atom is 0.507 e. The van der Waals surface area contributed by atoms with Crippen molar-refractivity contribution in [3.8, 4) is 0 Å². The van der Waals surface area contributed by atoms with Gasteiger partial charge in [-0.05, 0) is 6.92 Å². The summed E-state index contributed by atoms with van der Waals surface area (Å²) in [7, 11) is -28.8. The Morgan fingerprint density at radius 3 is 0.769 bits per heavy atom. The summed E-state index contributed by atoms with van der Waals surface area (Å²) >= 11 is 0. The molecule has 0 amide bonds. The van der Waals surface area contributed by atoms with Gasteiger partial charge >= 0.3 is 47.4 Å². The molecule has 0 radical (unpaired) electrons. The number of hydrogen-bond donors (Lipinski definition) is 13. The molecule has 0 aromatic carbocycles. The molecule has 0 fully saturated rings. The molecule has 0 aromatic rings. The average molecular weight is 727 g/mol. The van der Waals surface area contributed by atoms with Crippen LogP contribution in [0.5, 0.6) is 0 Å². The second kappa shape index (κ2) is 22.4. The molecule has 1 rings (SSSR count). The van der Waals surface area contributed by atoms with Crippen LogP contribution >= 0.6 is 47.4 Å². The summed E-state index contributed by atoms with van der Waals surface area (Å²) in [6, 6.07) is 0. The minimum absolute atomic E-state index is 0.131. The van der Waals surface area contributed by atoms with Gasteiger partial charge in [0.1, 0.15) is 0 Å². The Balaban J connectivity index is -0.0000000830. The van der Waals surface area contributed by atoms with Gasteiger partial charge in [-0.25, -0.2) is 27.4 Å². The summed E-state index contributed by atoms with van der Waals surface area (Å²) in [5.74, 6) is 0. The Labute approximate surface area is 214 Å². The van der Waals surface area contributed by atoms with E-state index in [2.05, 4.69) is 9.80 Å². The van der Waals surface area contributed by atoms with Crippen molar-refractivity contribution in [3.63, 3.8) is 0 Å². The molecule has 1 aliphatic heterocycles. The second-order valence-electron chi connectivity index (χ2n) is 5.29. The van der Waals surface area contributed by atoms with Gasteiger partial charge in [0.05, 0.1) is 12.8 Å². The number of nitrogens with two attached hydrogens (primary N) is 1. The van der Waals surface area contributed by atoms with Crippen LogP contribution in [0, 0.1) is 0 Å². The lowest BCUT2D eigenvalue weighted by Gasteiger charge is -2.21. The molecule has 0 spiro atoms. The highest BCUT2D eigenvalue weighted by Crippen LogP contribution is 2.37. The largest absolute Gasteiger partial charge is 0.507 e. The number of nitrogens with zero attached hydrogens (tertiary/aromatic N) is 2. The predicted octanol–water partition coefficient (Wildman–Crippen LogP) is 0.259. The maximum atomic E-state index is 10.4. The Morgan fingerprint density at radius 1 is 0.564 bits per heavy atom. The molecule has 0 aromatic heterocycles. The fraction of sp³-hybridized carbons (Fsp3) is 0.667. The molecular formula is C6H25F6N3O18P6. The van der Waals surface area contributed by atoms with Crippen molar-refractivity contribution in [1.29, 1.82) is 0 Å². The maximum absolute atomic E-state index is 10.4. The van der Waals surface area contributed by atoms with Crippen molar-refractivity contribution in [3.05, 3.63) is 12.4 Å². The minimum atomic E-state index is -5.14. The first kappa shape index (κ1) is 51.5. The third-order valence-electron chi connectivity index (χ3n) is 1.42. The summed E-state index contributed by atoms with van der Waals surface area (Å²) in [6.45, 7) is 2.89. The molecule has 244 valence electrons. The van der Waals surface area contributed by atoms with E-state index in [4.69, 9.17) is 91.8 Å². The lowest BCUT2D eigenvalue weighted by molar-refractivity contribution is 0.246. The first-order valence-corrected chi connectivity index (χ1v) is 16.6. The summed E-state index contributed by atoms with van der Waals surface area (Å²) in [4.78, 5) is 87.7. The lowest BCUT2D eigenvalue weighted by Crippen LogP contribution is -2.36. The zero-order chi connectivity index (χ0) is 33.9. The molecule has 1 heterocycles. The van der Waals surface area contributed by atoms with E-state index in [0.717, 1.165) is 6.67 Å². The summed E-state index contributed by atoms with van der Waals surface area (Å²) < 4.78 is 114. The molecule has 0 saturated heterocycles. The summed E-state index contributed by atoms with van der Waals surface area (Å²) in [5, 5.41) is 0. The van der Waals surface area contributed by atoms with Crippen molar-refractivity contribution in [2.45, 2.75) is 13.1 Å². The minimum Gasteiger partial charge on any atom is -0.362 e. The highest BCUT2D eigenvalue weighted by molar-refractivity contribution is 7.46. The SMILES string of the molecule is CC(N)N1C=CN(C)C1.O=P(O)(O)F.O=P(O)(O)F.O=P(O)(O)F.O=P(O)(O)F.O=P(O)(O)F.O=P(O)(O)F. The molecule has 0 saturated carbocycles. The van der Waals surface area contributed by atoms with Crippen LogP contribution in [0.1, 0.15) is 6.92 Å². The van der Waals surface area contributed by atoms with E-state index in [1.807, 2.05) is 26.4 Å². The highest BCUT2D eigenvalue weighted by atomic mass is 31.2. The van der Waals surface area contributed by atoms with Crippen LogP contribution in [0.15, 0.2) is 12.4 Å². The van der Waals surface area contributed by atoms with Crippen LogP contribution in [0.4, 0.5) is 25.2 Å². The fourth-order valence-corrected chi connectivity index (χ4v) is 0.816. The van der Waals surface area contributed by atoms with Gasteiger partial charge in [0.2, 0.25) is 0 Å². The Bertz CT molecular complexity index is 731. The van der Waals surface area contributed by atoms with E-state index in [-0.39, 0.29) is 6.17 Å². The normalized spacial score (nSPS) is 14.0. The second-order valence-corrected chi connectivity index (χ2v) is 11.0. The van der Waals surface area contributed by atoms with E-state index in [1.165, 1.54) is 0 Å². The lowest BCUT2D eigenvalue weighted by atomic mass is 10.5. The van der Waals surface area contributed by atoms with Gasteiger partial charge in [-0.2, -0.15) is 0 Å². The topological polar surface area (TPSA) is 378 Å². The van der Waals surface area contributed by atoms with Gasteiger partial charge in [-0.1, -0.05) is 0 Å². The van der Waals surface area contributed by atoms with E-state index in [0.29, 0.717) is 0 Å². The Kier molecular flexibility index (Phi) is 29.6.